The van der Waals surface area contributed by atoms with E-state index < -0.39 is 71.2 Å². The zero-order chi connectivity index (χ0) is 42.7. The summed E-state index contributed by atoms with van der Waals surface area (Å²) in [5, 5.41) is 30.9. The molecule has 1 aliphatic heterocycles. The monoisotopic (exact) mass is 849 g/mol. The fraction of sp³-hybridized carbons (Fsp3) is 0.911. The van der Waals surface area contributed by atoms with Crippen molar-refractivity contribution in [3.8, 4) is 0 Å². The molecule has 1 fully saturated rings. The van der Waals surface area contributed by atoms with E-state index in [0.717, 1.165) is 51.4 Å². The van der Waals surface area contributed by atoms with E-state index in [9.17, 15) is 37.9 Å². The van der Waals surface area contributed by atoms with Crippen LogP contribution in [0.5, 0.6) is 0 Å². The van der Waals surface area contributed by atoms with Crippen LogP contribution in [0.15, 0.2) is 12.2 Å². The highest BCUT2D eigenvalue weighted by atomic mass is 32.2. The Labute approximate surface area is 352 Å². The third kappa shape index (κ3) is 30.4. The second kappa shape index (κ2) is 36.1. The standard InChI is InChI=1S/C45H84O12S/c1-3-5-7-9-11-13-15-17-18-19-20-21-22-24-26-28-30-32-34-41(47)56-38(36-55-45-44(50)43(49)42(48)39(57-45)37-58(51,52)53)35-54-40(46)33-31-29-27-25-23-16-14-12-10-8-6-4-2/h18-19,38-39,42-45,48-50H,3-17,20-37H2,1-2H3,(H,51,52,53)/b19-18-. The first-order chi connectivity index (χ1) is 28.0. The molecular weight excluding hydrogens is 765 g/mol. The van der Waals surface area contributed by atoms with Gasteiger partial charge in [-0.2, -0.15) is 8.42 Å². The predicted molar refractivity (Wildman–Crippen MR) is 229 cm³/mol. The maximum atomic E-state index is 12.8. The van der Waals surface area contributed by atoms with Crippen molar-refractivity contribution in [2.45, 2.75) is 243 Å². The molecule has 0 aliphatic carbocycles. The lowest BCUT2D eigenvalue weighted by Crippen LogP contribution is -2.60. The lowest BCUT2D eigenvalue weighted by molar-refractivity contribution is -0.297. The highest BCUT2D eigenvalue weighted by molar-refractivity contribution is 7.85. The van der Waals surface area contributed by atoms with E-state index in [1.165, 1.54) is 116 Å². The number of carbonyl (C=O) groups excluding carboxylic acids is 2. The van der Waals surface area contributed by atoms with Crippen molar-refractivity contribution in [3.05, 3.63) is 12.2 Å². The molecule has 4 N–H and O–H groups in total. The molecule has 0 aromatic rings. The van der Waals surface area contributed by atoms with Gasteiger partial charge < -0.3 is 34.3 Å². The topological polar surface area (TPSA) is 186 Å². The molecule has 58 heavy (non-hydrogen) atoms. The summed E-state index contributed by atoms with van der Waals surface area (Å²) in [5.41, 5.74) is 0. The molecule has 1 rings (SSSR count). The highest BCUT2D eigenvalue weighted by Gasteiger charge is 2.46. The molecule has 0 spiro atoms. The average Bonchev–Trinajstić information content (AvgIpc) is 3.18. The Morgan fingerprint density at radius 3 is 1.43 bits per heavy atom. The molecule has 6 unspecified atom stereocenters. The molecule has 13 heteroatoms. The summed E-state index contributed by atoms with van der Waals surface area (Å²) >= 11 is 0. The molecule has 0 aromatic heterocycles. The minimum Gasteiger partial charge on any atom is -0.462 e. The summed E-state index contributed by atoms with van der Waals surface area (Å²) < 4.78 is 54.1. The summed E-state index contributed by atoms with van der Waals surface area (Å²) in [5.74, 6) is -1.98. The van der Waals surface area contributed by atoms with E-state index in [4.69, 9.17) is 18.9 Å². The van der Waals surface area contributed by atoms with Crippen molar-refractivity contribution in [3.63, 3.8) is 0 Å². The molecule has 0 aromatic carbocycles. The molecule has 1 saturated heterocycles. The summed E-state index contributed by atoms with van der Waals surface area (Å²) in [6.45, 7) is 3.76. The van der Waals surface area contributed by atoms with Crippen LogP contribution in [0.4, 0.5) is 0 Å². The maximum absolute atomic E-state index is 12.8. The van der Waals surface area contributed by atoms with E-state index in [-0.39, 0.29) is 19.4 Å². The largest absolute Gasteiger partial charge is 0.462 e. The SMILES string of the molecule is CCCCCCCCC/C=C\CCCCCCCCCC(=O)OC(COC(=O)CCCCCCCCCCCCCC)COC1OC(CS(=O)(=O)O)C(O)C(O)C1O. The van der Waals surface area contributed by atoms with Crippen molar-refractivity contribution >= 4 is 22.1 Å². The van der Waals surface area contributed by atoms with Crippen LogP contribution in [0.3, 0.4) is 0 Å². The van der Waals surface area contributed by atoms with E-state index in [2.05, 4.69) is 26.0 Å². The van der Waals surface area contributed by atoms with Gasteiger partial charge in [-0.15, -0.1) is 0 Å². The van der Waals surface area contributed by atoms with Gasteiger partial charge in [0.2, 0.25) is 0 Å². The lowest BCUT2D eigenvalue weighted by Gasteiger charge is -2.40. The number of aliphatic hydroxyl groups is 3. The van der Waals surface area contributed by atoms with Crippen LogP contribution in [0, 0.1) is 0 Å². The first-order valence-electron chi connectivity index (χ1n) is 23.2. The molecule has 0 amide bonds. The van der Waals surface area contributed by atoms with Gasteiger partial charge in [0.25, 0.3) is 10.1 Å². The number of allylic oxidation sites excluding steroid dienone is 2. The number of esters is 2. The number of unbranched alkanes of at least 4 members (excludes halogenated alkanes) is 25. The fourth-order valence-corrected chi connectivity index (χ4v) is 7.89. The van der Waals surface area contributed by atoms with Crippen LogP contribution >= 0.6 is 0 Å². The Morgan fingerprint density at radius 1 is 0.569 bits per heavy atom. The van der Waals surface area contributed by atoms with Gasteiger partial charge in [0.1, 0.15) is 36.8 Å². The first-order valence-corrected chi connectivity index (χ1v) is 24.9. The van der Waals surface area contributed by atoms with Gasteiger partial charge in [-0.1, -0.05) is 167 Å². The zero-order valence-corrected chi connectivity index (χ0v) is 37.2. The van der Waals surface area contributed by atoms with E-state index in [0.29, 0.717) is 12.8 Å². The van der Waals surface area contributed by atoms with Crippen LogP contribution in [0.2, 0.25) is 0 Å². The maximum Gasteiger partial charge on any atom is 0.306 e. The minimum atomic E-state index is -4.60. The van der Waals surface area contributed by atoms with Crippen molar-refractivity contribution in [1.82, 2.24) is 0 Å². The molecular formula is C45H84O12S. The Bertz CT molecular complexity index is 1130. The van der Waals surface area contributed by atoms with E-state index >= 15 is 0 Å². The lowest BCUT2D eigenvalue weighted by atomic mass is 10.00. The third-order valence-electron chi connectivity index (χ3n) is 10.8. The fourth-order valence-electron chi connectivity index (χ4n) is 7.20. The Morgan fingerprint density at radius 2 is 0.983 bits per heavy atom. The normalized spacial score (nSPS) is 20.4. The molecule has 1 heterocycles. The number of carbonyl (C=O) groups is 2. The minimum absolute atomic E-state index is 0.163. The van der Waals surface area contributed by atoms with Crippen LogP contribution < -0.4 is 0 Å². The molecule has 0 bridgehead atoms. The van der Waals surface area contributed by atoms with Gasteiger partial charge in [-0.25, -0.2) is 0 Å². The van der Waals surface area contributed by atoms with Gasteiger partial charge in [-0.3, -0.25) is 14.1 Å². The molecule has 12 nitrogen and oxygen atoms in total. The second-order valence-electron chi connectivity index (χ2n) is 16.4. The van der Waals surface area contributed by atoms with Crippen LogP contribution in [0.1, 0.15) is 206 Å². The Hall–Kier alpha value is -1.61. The van der Waals surface area contributed by atoms with Gasteiger partial charge in [0, 0.05) is 12.8 Å². The quantitative estimate of drug-likeness (QED) is 0.0199. The molecule has 6 atom stereocenters. The molecule has 342 valence electrons. The first kappa shape index (κ1) is 54.4. The number of ether oxygens (including phenoxy) is 4. The smallest absolute Gasteiger partial charge is 0.306 e. The number of rotatable bonds is 39. The van der Waals surface area contributed by atoms with Gasteiger partial charge >= 0.3 is 11.9 Å². The summed E-state index contributed by atoms with van der Waals surface area (Å²) in [4.78, 5) is 25.4. The van der Waals surface area contributed by atoms with Gasteiger partial charge in [-0.05, 0) is 38.5 Å². The Kier molecular flexibility index (Phi) is 33.8. The highest BCUT2D eigenvalue weighted by Crippen LogP contribution is 2.24. The van der Waals surface area contributed by atoms with Crippen LogP contribution in [0.25, 0.3) is 0 Å². The van der Waals surface area contributed by atoms with Crippen molar-refractivity contribution in [2.24, 2.45) is 0 Å². The average molecular weight is 849 g/mol. The van der Waals surface area contributed by atoms with Crippen molar-refractivity contribution in [2.75, 3.05) is 19.0 Å². The number of hydrogen-bond acceptors (Lipinski definition) is 11. The zero-order valence-electron chi connectivity index (χ0n) is 36.4. The summed E-state index contributed by atoms with van der Waals surface area (Å²) in [6, 6.07) is 0. The van der Waals surface area contributed by atoms with Crippen molar-refractivity contribution < 1.29 is 56.8 Å². The number of aliphatic hydroxyl groups excluding tert-OH is 3. The van der Waals surface area contributed by atoms with Gasteiger partial charge in [0.05, 0.1) is 6.61 Å². The van der Waals surface area contributed by atoms with Crippen LogP contribution in [-0.2, 0) is 38.7 Å². The van der Waals surface area contributed by atoms with E-state index in [1.807, 2.05) is 0 Å². The summed E-state index contributed by atoms with van der Waals surface area (Å²) in [7, 11) is -4.60. The predicted octanol–water partition coefficient (Wildman–Crippen LogP) is 9.45. The molecule has 1 aliphatic rings. The third-order valence-corrected chi connectivity index (χ3v) is 11.6. The van der Waals surface area contributed by atoms with E-state index in [1.54, 1.807) is 0 Å². The molecule has 0 radical (unpaired) electrons. The Balaban J connectivity index is 2.42. The second-order valence-corrected chi connectivity index (χ2v) is 17.9. The number of hydrogen-bond donors (Lipinski definition) is 4. The molecule has 0 saturated carbocycles. The van der Waals surface area contributed by atoms with Gasteiger partial charge in [0.15, 0.2) is 12.4 Å². The van der Waals surface area contributed by atoms with Crippen molar-refractivity contribution in [1.29, 1.82) is 0 Å². The van der Waals surface area contributed by atoms with Crippen LogP contribution in [-0.4, -0.2) is 96.0 Å². The summed E-state index contributed by atoms with van der Waals surface area (Å²) in [6.07, 6.45) is 28.3.